The van der Waals surface area contributed by atoms with E-state index in [0.717, 1.165) is 19.3 Å². The summed E-state index contributed by atoms with van der Waals surface area (Å²) in [5.74, 6) is -1.04. The summed E-state index contributed by atoms with van der Waals surface area (Å²) in [7, 11) is 0. The molecule has 88 valence electrons. The number of carboxylic acid groups (broad SMARTS) is 1. The van der Waals surface area contributed by atoms with E-state index in [1.807, 2.05) is 0 Å². The average Bonchev–Trinajstić information content (AvgIpc) is 2.18. The smallest absolute Gasteiger partial charge is 0.548 e. The van der Waals surface area contributed by atoms with Crippen LogP contribution in [0, 0.1) is 0 Å². The van der Waals surface area contributed by atoms with E-state index in [9.17, 15) is 9.90 Å². The SMILES string of the molecule is CC(C)(CO)NC1(C(=O)[O-])CCCCC1.[Na+]. The number of hydrogen-bond donors (Lipinski definition) is 2. The Morgan fingerprint density at radius 1 is 1.38 bits per heavy atom. The summed E-state index contributed by atoms with van der Waals surface area (Å²) in [6.45, 7) is 3.51. The zero-order chi connectivity index (χ0) is 11.5. The Kier molecular flexibility index (Phi) is 6.51. The van der Waals surface area contributed by atoms with Crippen LogP contribution in [-0.2, 0) is 4.79 Å². The molecule has 0 aliphatic heterocycles. The van der Waals surface area contributed by atoms with E-state index in [2.05, 4.69) is 5.32 Å². The molecule has 0 unspecified atom stereocenters. The van der Waals surface area contributed by atoms with Gasteiger partial charge in [-0.1, -0.05) is 19.3 Å². The number of carbonyl (C=O) groups is 1. The second kappa shape index (κ2) is 6.36. The van der Waals surface area contributed by atoms with Gasteiger partial charge < -0.3 is 15.0 Å². The van der Waals surface area contributed by atoms with Crippen LogP contribution in [0.4, 0.5) is 0 Å². The van der Waals surface area contributed by atoms with Crippen molar-refractivity contribution in [2.45, 2.75) is 57.0 Å². The zero-order valence-corrected chi connectivity index (χ0v) is 12.5. The van der Waals surface area contributed by atoms with Crippen molar-refractivity contribution in [3.63, 3.8) is 0 Å². The predicted molar refractivity (Wildman–Crippen MR) is 55.1 cm³/mol. The molecule has 4 nitrogen and oxygen atoms in total. The Balaban J connectivity index is 0.00000225. The molecule has 0 bridgehead atoms. The number of carbonyl (C=O) groups excluding carboxylic acids is 1. The van der Waals surface area contributed by atoms with Crippen molar-refractivity contribution >= 4 is 5.97 Å². The van der Waals surface area contributed by atoms with Gasteiger partial charge >= 0.3 is 29.6 Å². The Bertz CT molecular complexity index is 237. The van der Waals surface area contributed by atoms with Gasteiger partial charge in [-0.05, 0) is 26.7 Å². The van der Waals surface area contributed by atoms with Gasteiger partial charge in [-0.2, -0.15) is 0 Å². The van der Waals surface area contributed by atoms with Crippen molar-refractivity contribution in [2.24, 2.45) is 0 Å². The van der Waals surface area contributed by atoms with Crippen LogP contribution in [0.25, 0.3) is 0 Å². The molecule has 0 heterocycles. The van der Waals surface area contributed by atoms with Gasteiger partial charge in [0.2, 0.25) is 0 Å². The van der Waals surface area contributed by atoms with Crippen molar-refractivity contribution in [1.29, 1.82) is 0 Å². The maximum atomic E-state index is 11.2. The minimum absolute atomic E-state index is 0. The first-order chi connectivity index (χ1) is 6.92. The fourth-order valence-corrected chi connectivity index (χ4v) is 2.22. The number of aliphatic carboxylic acids is 1. The van der Waals surface area contributed by atoms with Gasteiger partial charge in [0.15, 0.2) is 0 Å². The first-order valence-corrected chi connectivity index (χ1v) is 5.54. The number of aliphatic hydroxyl groups is 1. The van der Waals surface area contributed by atoms with Crippen molar-refractivity contribution in [1.82, 2.24) is 5.32 Å². The number of rotatable bonds is 4. The predicted octanol–water partition coefficient (Wildman–Crippen LogP) is -3.20. The molecular formula is C11H20NNaO3. The van der Waals surface area contributed by atoms with E-state index in [0.29, 0.717) is 12.8 Å². The number of aliphatic hydroxyl groups excluding tert-OH is 1. The van der Waals surface area contributed by atoms with Gasteiger partial charge in [-0.15, -0.1) is 0 Å². The molecule has 0 atom stereocenters. The third-order valence-corrected chi connectivity index (χ3v) is 3.07. The van der Waals surface area contributed by atoms with Gasteiger partial charge in [-0.3, -0.25) is 5.32 Å². The van der Waals surface area contributed by atoms with E-state index in [1.165, 1.54) is 0 Å². The van der Waals surface area contributed by atoms with E-state index in [1.54, 1.807) is 13.8 Å². The van der Waals surface area contributed by atoms with E-state index in [4.69, 9.17) is 5.11 Å². The van der Waals surface area contributed by atoms with Crippen LogP contribution < -0.4 is 40.0 Å². The molecule has 0 aromatic heterocycles. The van der Waals surface area contributed by atoms with Crippen LogP contribution in [-0.4, -0.2) is 28.8 Å². The van der Waals surface area contributed by atoms with Crippen LogP contribution >= 0.6 is 0 Å². The molecule has 0 aromatic rings. The molecule has 5 heteroatoms. The minimum Gasteiger partial charge on any atom is -0.548 e. The van der Waals surface area contributed by atoms with E-state index in [-0.39, 0.29) is 36.2 Å². The molecular weight excluding hydrogens is 217 g/mol. The zero-order valence-electron chi connectivity index (χ0n) is 10.5. The summed E-state index contributed by atoms with van der Waals surface area (Å²) in [5.41, 5.74) is -1.51. The van der Waals surface area contributed by atoms with Crippen LogP contribution in [0.15, 0.2) is 0 Å². The third-order valence-electron chi connectivity index (χ3n) is 3.07. The van der Waals surface area contributed by atoms with E-state index >= 15 is 0 Å². The molecule has 0 saturated heterocycles. The first-order valence-electron chi connectivity index (χ1n) is 5.54. The van der Waals surface area contributed by atoms with Crippen LogP contribution in [0.3, 0.4) is 0 Å². The molecule has 2 N–H and O–H groups in total. The summed E-state index contributed by atoms with van der Waals surface area (Å²) in [6.07, 6.45) is 4.08. The standard InChI is InChI=1S/C11H21NO3.Na/c1-10(2,8-13)12-11(9(14)15)6-4-3-5-7-11;/h12-13H,3-8H2,1-2H3,(H,14,15);/q;+1/p-1. The summed E-state index contributed by atoms with van der Waals surface area (Å²) >= 11 is 0. The van der Waals surface area contributed by atoms with Crippen LogP contribution in [0.2, 0.25) is 0 Å². The Morgan fingerprint density at radius 3 is 2.25 bits per heavy atom. The quantitative estimate of drug-likeness (QED) is 0.505. The average molecular weight is 237 g/mol. The summed E-state index contributed by atoms with van der Waals surface area (Å²) in [6, 6.07) is 0. The fraction of sp³-hybridized carbons (Fsp3) is 0.909. The topological polar surface area (TPSA) is 72.4 Å². The maximum absolute atomic E-state index is 11.2. The molecule has 16 heavy (non-hydrogen) atoms. The molecule has 1 aliphatic carbocycles. The number of nitrogens with one attached hydrogen (secondary N) is 1. The molecule has 1 rings (SSSR count). The molecule has 1 fully saturated rings. The first kappa shape index (κ1) is 16.4. The molecule has 0 spiro atoms. The van der Waals surface area contributed by atoms with Gasteiger partial charge in [0.1, 0.15) is 0 Å². The molecule has 1 saturated carbocycles. The molecule has 1 aliphatic rings. The van der Waals surface area contributed by atoms with Crippen molar-refractivity contribution in [3.8, 4) is 0 Å². The van der Waals surface area contributed by atoms with Crippen molar-refractivity contribution < 1.29 is 44.6 Å². The fourth-order valence-electron chi connectivity index (χ4n) is 2.22. The van der Waals surface area contributed by atoms with E-state index < -0.39 is 17.0 Å². The Morgan fingerprint density at radius 2 is 1.88 bits per heavy atom. The van der Waals surface area contributed by atoms with Gasteiger partial charge in [0, 0.05) is 5.54 Å². The third kappa shape index (κ3) is 4.00. The number of carboxylic acids is 1. The second-order valence-electron chi connectivity index (χ2n) is 5.10. The van der Waals surface area contributed by atoms with Gasteiger partial charge in [-0.25, -0.2) is 0 Å². The monoisotopic (exact) mass is 237 g/mol. The van der Waals surface area contributed by atoms with Crippen molar-refractivity contribution in [2.75, 3.05) is 6.61 Å². The van der Waals surface area contributed by atoms with Crippen LogP contribution in [0.1, 0.15) is 46.0 Å². The molecule has 0 radical (unpaired) electrons. The Hall–Kier alpha value is 0.390. The number of hydrogen-bond acceptors (Lipinski definition) is 4. The molecule has 0 aromatic carbocycles. The minimum atomic E-state index is -1.04. The van der Waals surface area contributed by atoms with Crippen LogP contribution in [0.5, 0.6) is 0 Å². The maximum Gasteiger partial charge on any atom is 1.00 e. The Labute approximate surface area is 119 Å². The van der Waals surface area contributed by atoms with Crippen molar-refractivity contribution in [3.05, 3.63) is 0 Å². The summed E-state index contributed by atoms with van der Waals surface area (Å²) in [4.78, 5) is 11.2. The van der Waals surface area contributed by atoms with Gasteiger partial charge in [0.05, 0.1) is 18.1 Å². The van der Waals surface area contributed by atoms with Gasteiger partial charge in [0.25, 0.3) is 0 Å². The normalized spacial score (nSPS) is 19.9. The second-order valence-corrected chi connectivity index (χ2v) is 5.10. The summed E-state index contributed by atoms with van der Waals surface area (Å²) in [5, 5.41) is 23.4. The summed E-state index contributed by atoms with van der Waals surface area (Å²) < 4.78 is 0. The molecule has 0 amide bonds. The largest absolute Gasteiger partial charge is 1.00 e.